The number of nitrogens with zero attached hydrogens (tertiary/aromatic N) is 1. The molecular weight excluding hydrogens is 324 g/mol. The Kier molecular flexibility index (Phi) is 5.54. The topological polar surface area (TPSA) is 42.0 Å². The summed E-state index contributed by atoms with van der Waals surface area (Å²) in [5.74, 6) is 0.0504. The highest BCUT2D eigenvalue weighted by molar-refractivity contribution is 9.09. The first-order valence-electron chi connectivity index (χ1n) is 6.08. The highest BCUT2D eigenvalue weighted by Crippen LogP contribution is 2.14. The molecule has 0 saturated heterocycles. The Morgan fingerprint density at radius 1 is 1.32 bits per heavy atom. The number of thiazole rings is 1. The third-order valence-electron chi connectivity index (χ3n) is 2.59. The molecule has 0 aliphatic heterocycles. The number of carbonyl (C=O) groups excluding carboxylic acids is 1. The predicted molar refractivity (Wildman–Crippen MR) is 81.6 cm³/mol. The van der Waals surface area contributed by atoms with Crippen LogP contribution in [0.3, 0.4) is 0 Å². The van der Waals surface area contributed by atoms with Crippen molar-refractivity contribution in [2.75, 3.05) is 5.33 Å². The number of carbonyl (C=O) groups is 1. The van der Waals surface area contributed by atoms with E-state index in [-0.39, 0.29) is 5.91 Å². The maximum absolute atomic E-state index is 11.3. The summed E-state index contributed by atoms with van der Waals surface area (Å²) in [6.45, 7) is 0.511. The fourth-order valence-electron chi connectivity index (χ4n) is 1.65. The average Bonchev–Trinajstić information content (AvgIpc) is 2.86. The molecule has 5 heteroatoms. The molecule has 2 aromatic rings. The monoisotopic (exact) mass is 338 g/mol. The maximum Gasteiger partial charge on any atom is 0.221 e. The summed E-state index contributed by atoms with van der Waals surface area (Å²) >= 11 is 4.88. The van der Waals surface area contributed by atoms with Crippen molar-refractivity contribution in [1.29, 1.82) is 0 Å². The Bertz CT molecular complexity index is 527. The molecule has 0 unspecified atom stereocenters. The van der Waals surface area contributed by atoms with Gasteiger partial charge in [0.2, 0.25) is 5.91 Å². The average molecular weight is 339 g/mol. The van der Waals surface area contributed by atoms with Gasteiger partial charge < -0.3 is 5.32 Å². The fraction of sp³-hybridized carbons (Fsp3) is 0.286. The summed E-state index contributed by atoms with van der Waals surface area (Å²) in [4.78, 5) is 15.9. The zero-order valence-corrected chi connectivity index (χ0v) is 12.8. The van der Waals surface area contributed by atoms with Crippen molar-refractivity contribution in [3.63, 3.8) is 0 Å². The molecule has 3 nitrogen and oxygen atoms in total. The summed E-state index contributed by atoms with van der Waals surface area (Å²) in [5.41, 5.74) is 2.19. The number of hydrogen-bond acceptors (Lipinski definition) is 3. The van der Waals surface area contributed by atoms with Gasteiger partial charge in [0, 0.05) is 23.6 Å². The predicted octanol–water partition coefficient (Wildman–Crippen LogP) is 3.14. The number of aromatic nitrogens is 1. The second-order valence-electron chi connectivity index (χ2n) is 4.11. The molecule has 0 atom stereocenters. The molecule has 0 saturated carbocycles. The van der Waals surface area contributed by atoms with Gasteiger partial charge in [-0.05, 0) is 5.56 Å². The molecule has 2 rings (SSSR count). The Hall–Kier alpha value is -1.20. The van der Waals surface area contributed by atoms with Crippen molar-refractivity contribution >= 4 is 33.2 Å². The minimum absolute atomic E-state index is 0.0504. The number of rotatable bonds is 6. The summed E-state index contributed by atoms with van der Waals surface area (Å²) in [7, 11) is 0. The molecule has 100 valence electrons. The third kappa shape index (κ3) is 4.76. The molecule has 1 heterocycles. The van der Waals surface area contributed by atoms with Gasteiger partial charge in [-0.2, -0.15) is 0 Å². The van der Waals surface area contributed by atoms with E-state index in [0.717, 1.165) is 17.1 Å². The van der Waals surface area contributed by atoms with E-state index in [4.69, 9.17) is 0 Å². The van der Waals surface area contributed by atoms with Crippen molar-refractivity contribution in [1.82, 2.24) is 10.3 Å². The Morgan fingerprint density at radius 2 is 2.11 bits per heavy atom. The van der Waals surface area contributed by atoms with E-state index in [1.165, 1.54) is 5.56 Å². The number of benzene rings is 1. The van der Waals surface area contributed by atoms with E-state index in [0.29, 0.717) is 18.3 Å². The van der Waals surface area contributed by atoms with Gasteiger partial charge in [-0.1, -0.05) is 46.3 Å². The zero-order valence-electron chi connectivity index (χ0n) is 10.4. The first-order valence-corrected chi connectivity index (χ1v) is 8.08. The van der Waals surface area contributed by atoms with Crippen LogP contribution in [-0.4, -0.2) is 16.2 Å². The van der Waals surface area contributed by atoms with Crippen LogP contribution < -0.4 is 5.32 Å². The SMILES string of the molecule is O=C(CCBr)NCc1csc(Cc2ccccc2)n1. The molecule has 1 aromatic heterocycles. The molecule has 0 aliphatic carbocycles. The molecule has 0 spiro atoms. The van der Waals surface area contributed by atoms with E-state index in [1.54, 1.807) is 11.3 Å². The number of amides is 1. The van der Waals surface area contributed by atoms with E-state index < -0.39 is 0 Å². The lowest BCUT2D eigenvalue weighted by Crippen LogP contribution is -2.22. The zero-order chi connectivity index (χ0) is 13.5. The maximum atomic E-state index is 11.3. The highest BCUT2D eigenvalue weighted by atomic mass is 79.9. The van der Waals surface area contributed by atoms with Crippen molar-refractivity contribution in [3.05, 3.63) is 52.0 Å². The van der Waals surface area contributed by atoms with E-state index in [1.807, 2.05) is 23.6 Å². The second-order valence-corrected chi connectivity index (χ2v) is 5.85. The molecule has 0 bridgehead atoms. The number of alkyl halides is 1. The summed E-state index contributed by atoms with van der Waals surface area (Å²) in [6.07, 6.45) is 1.35. The molecule has 0 aliphatic rings. The highest BCUT2D eigenvalue weighted by Gasteiger charge is 2.05. The lowest BCUT2D eigenvalue weighted by atomic mass is 10.2. The summed E-state index contributed by atoms with van der Waals surface area (Å²) in [6, 6.07) is 10.3. The number of halogens is 1. The van der Waals surface area contributed by atoms with E-state index >= 15 is 0 Å². The number of nitrogens with one attached hydrogen (secondary N) is 1. The second kappa shape index (κ2) is 7.40. The van der Waals surface area contributed by atoms with Crippen molar-refractivity contribution < 1.29 is 4.79 Å². The standard InChI is InChI=1S/C14H15BrN2OS/c15-7-6-13(18)16-9-12-10-19-14(17-12)8-11-4-2-1-3-5-11/h1-5,10H,6-9H2,(H,16,18). The number of hydrogen-bond donors (Lipinski definition) is 1. The van der Waals surface area contributed by atoms with Gasteiger partial charge in [0.1, 0.15) is 0 Å². The van der Waals surface area contributed by atoms with Crippen molar-refractivity contribution in [2.45, 2.75) is 19.4 Å². The van der Waals surface area contributed by atoms with Crippen LogP contribution in [0.25, 0.3) is 0 Å². The normalized spacial score (nSPS) is 10.4. The van der Waals surface area contributed by atoms with Crippen LogP contribution in [0.4, 0.5) is 0 Å². The largest absolute Gasteiger partial charge is 0.350 e. The van der Waals surface area contributed by atoms with E-state index in [9.17, 15) is 4.79 Å². The minimum Gasteiger partial charge on any atom is -0.350 e. The van der Waals surface area contributed by atoms with Crippen molar-refractivity contribution in [3.8, 4) is 0 Å². The van der Waals surface area contributed by atoms with Gasteiger partial charge in [0.05, 0.1) is 17.2 Å². The molecule has 1 N–H and O–H groups in total. The van der Waals surface area contributed by atoms with Crippen LogP contribution in [0.5, 0.6) is 0 Å². The van der Waals surface area contributed by atoms with Crippen LogP contribution in [0.2, 0.25) is 0 Å². The van der Waals surface area contributed by atoms with Gasteiger partial charge in [-0.15, -0.1) is 11.3 Å². The molecule has 1 amide bonds. The quantitative estimate of drug-likeness (QED) is 0.822. The van der Waals surface area contributed by atoms with E-state index in [2.05, 4.69) is 38.4 Å². The van der Waals surface area contributed by atoms with Gasteiger partial charge in [0.15, 0.2) is 0 Å². The molecule has 0 radical (unpaired) electrons. The van der Waals surface area contributed by atoms with Crippen LogP contribution in [0.1, 0.15) is 22.7 Å². The van der Waals surface area contributed by atoms with Crippen LogP contribution >= 0.6 is 27.3 Å². The van der Waals surface area contributed by atoms with Gasteiger partial charge >= 0.3 is 0 Å². The first kappa shape index (κ1) is 14.2. The Balaban J connectivity index is 1.87. The lowest BCUT2D eigenvalue weighted by Gasteiger charge is -2.00. The molecule has 0 fully saturated rings. The molecule has 19 heavy (non-hydrogen) atoms. The summed E-state index contributed by atoms with van der Waals surface area (Å²) in [5, 5.41) is 6.63. The van der Waals surface area contributed by atoms with Crippen LogP contribution in [0, 0.1) is 0 Å². The molecular formula is C14H15BrN2OS. The van der Waals surface area contributed by atoms with Crippen LogP contribution in [0.15, 0.2) is 35.7 Å². The summed E-state index contributed by atoms with van der Waals surface area (Å²) < 4.78 is 0. The Morgan fingerprint density at radius 3 is 2.84 bits per heavy atom. The lowest BCUT2D eigenvalue weighted by molar-refractivity contribution is -0.120. The minimum atomic E-state index is 0.0504. The van der Waals surface area contributed by atoms with Gasteiger partial charge in [0.25, 0.3) is 0 Å². The van der Waals surface area contributed by atoms with Gasteiger partial charge in [-0.25, -0.2) is 4.98 Å². The fourth-order valence-corrected chi connectivity index (χ4v) is 2.83. The Labute approximate surface area is 125 Å². The van der Waals surface area contributed by atoms with Crippen LogP contribution in [-0.2, 0) is 17.8 Å². The smallest absolute Gasteiger partial charge is 0.221 e. The third-order valence-corrected chi connectivity index (χ3v) is 3.88. The first-order chi connectivity index (χ1) is 9.28. The molecule has 1 aromatic carbocycles. The van der Waals surface area contributed by atoms with Crippen molar-refractivity contribution in [2.24, 2.45) is 0 Å². The van der Waals surface area contributed by atoms with Gasteiger partial charge in [-0.3, -0.25) is 4.79 Å².